The van der Waals surface area contributed by atoms with Crippen LogP contribution in [-0.4, -0.2) is 17.0 Å². The van der Waals surface area contributed by atoms with E-state index < -0.39 is 0 Å². The highest BCUT2D eigenvalue weighted by Gasteiger charge is 2.09. The van der Waals surface area contributed by atoms with Crippen LogP contribution in [0.5, 0.6) is 0 Å². The second-order valence-corrected chi connectivity index (χ2v) is 2.43. The van der Waals surface area contributed by atoms with Gasteiger partial charge in [-0.1, -0.05) is 11.6 Å². The fourth-order valence-electron chi connectivity index (χ4n) is 0.788. The van der Waals surface area contributed by atoms with Gasteiger partial charge in [0.05, 0.1) is 5.69 Å². The normalized spacial score (nSPS) is 9.82. The van der Waals surface area contributed by atoms with Crippen LogP contribution >= 0.6 is 11.6 Å². The molecule has 0 N–H and O–H groups in total. The zero-order chi connectivity index (χ0) is 8.43. The first-order valence-electron chi connectivity index (χ1n) is 2.99. The summed E-state index contributed by atoms with van der Waals surface area (Å²) in [4.78, 5) is 7.42. The Morgan fingerprint density at radius 2 is 2.18 bits per heavy atom. The predicted molar refractivity (Wildman–Crippen MR) is 41.3 cm³/mol. The molecule has 0 fully saturated rings. The zero-order valence-corrected chi connectivity index (χ0v) is 6.93. The van der Waals surface area contributed by atoms with E-state index in [0.717, 1.165) is 0 Å². The van der Waals surface area contributed by atoms with Crippen molar-refractivity contribution in [1.82, 2.24) is 9.97 Å². The van der Waals surface area contributed by atoms with Crippen molar-refractivity contribution in [2.45, 2.75) is 6.92 Å². The van der Waals surface area contributed by atoms with E-state index in [1.165, 1.54) is 13.4 Å². The molecule has 0 radical (unpaired) electrons. The van der Waals surface area contributed by atoms with Crippen molar-refractivity contribution in [3.63, 3.8) is 0 Å². The van der Waals surface area contributed by atoms with Gasteiger partial charge in [0.15, 0.2) is 5.15 Å². The smallest absolute Gasteiger partial charge is 0.158 e. The van der Waals surface area contributed by atoms with Crippen LogP contribution in [-0.2, 0) is 0 Å². The molecule has 0 atom stereocenters. The second kappa shape index (κ2) is 3.00. The Hall–Kier alpha value is -0.900. The summed E-state index contributed by atoms with van der Waals surface area (Å²) in [5.41, 5.74) is 0.740. The molecule has 0 aromatic carbocycles. The predicted octanol–water partition coefficient (Wildman–Crippen LogP) is 1.76. The number of aryl methyl sites for hydroxylation is 1. The Kier molecular flexibility index (Phi) is 2.24. The molecular weight excluding hydrogens is 169 g/mol. The molecule has 60 valence electrons. The second-order valence-electron chi connectivity index (χ2n) is 2.08. The summed E-state index contributed by atoms with van der Waals surface area (Å²) in [6.45, 7) is 1.67. The summed E-state index contributed by atoms with van der Waals surface area (Å²) in [7, 11) is 1.25. The molecule has 5 heteroatoms. The molecular formula is C6H7ClFN3. The lowest BCUT2D eigenvalue weighted by molar-refractivity contribution is 0.473. The lowest BCUT2D eigenvalue weighted by Gasteiger charge is -2.09. The van der Waals surface area contributed by atoms with Gasteiger partial charge in [-0.15, -0.1) is 4.48 Å². The Balaban J connectivity index is 3.21. The number of nitrogens with zero attached hydrogens (tertiary/aromatic N) is 3. The standard InChI is InChI=1S/C6H7ClFN3/c1-4-5(11(2)8)6(7)10-3-9-4/h3H,1-2H3. The van der Waals surface area contributed by atoms with Gasteiger partial charge in [0.25, 0.3) is 0 Å². The summed E-state index contributed by atoms with van der Waals surface area (Å²) in [5.74, 6) is 0. The van der Waals surface area contributed by atoms with Crippen LogP contribution in [0.25, 0.3) is 0 Å². The number of halogens is 2. The molecule has 1 heterocycles. The summed E-state index contributed by atoms with van der Waals surface area (Å²) in [6.07, 6.45) is 1.30. The molecule has 0 aliphatic rings. The molecule has 3 nitrogen and oxygen atoms in total. The van der Waals surface area contributed by atoms with Gasteiger partial charge in [0.1, 0.15) is 12.0 Å². The average molecular weight is 176 g/mol. The quantitative estimate of drug-likeness (QED) is 0.481. The SMILES string of the molecule is Cc1ncnc(Cl)c1N(C)F. The zero-order valence-electron chi connectivity index (χ0n) is 6.17. The molecule has 0 aliphatic heterocycles. The topological polar surface area (TPSA) is 29.0 Å². The van der Waals surface area contributed by atoms with Crippen LogP contribution < -0.4 is 5.12 Å². The van der Waals surface area contributed by atoms with E-state index in [1.807, 2.05) is 0 Å². The first kappa shape index (κ1) is 8.20. The van der Waals surface area contributed by atoms with Crippen LogP contribution in [0, 0.1) is 6.92 Å². The molecule has 1 aromatic rings. The molecule has 0 aliphatic carbocycles. The van der Waals surface area contributed by atoms with E-state index in [1.54, 1.807) is 6.92 Å². The van der Waals surface area contributed by atoms with Gasteiger partial charge in [-0.05, 0) is 6.92 Å². The maximum atomic E-state index is 12.6. The highest BCUT2D eigenvalue weighted by molar-refractivity contribution is 6.32. The highest BCUT2D eigenvalue weighted by Crippen LogP contribution is 2.24. The van der Waals surface area contributed by atoms with Crippen molar-refractivity contribution in [3.8, 4) is 0 Å². The highest BCUT2D eigenvalue weighted by atomic mass is 35.5. The fraction of sp³-hybridized carbons (Fsp3) is 0.333. The van der Waals surface area contributed by atoms with Gasteiger partial charge in [0, 0.05) is 7.05 Å². The van der Waals surface area contributed by atoms with Crippen LogP contribution in [0.15, 0.2) is 6.33 Å². The van der Waals surface area contributed by atoms with E-state index in [2.05, 4.69) is 9.97 Å². The summed E-state index contributed by atoms with van der Waals surface area (Å²) in [5, 5.41) is 0.528. The largest absolute Gasteiger partial charge is 0.239 e. The third-order valence-electron chi connectivity index (χ3n) is 1.27. The van der Waals surface area contributed by atoms with Crippen LogP contribution in [0.3, 0.4) is 0 Å². The van der Waals surface area contributed by atoms with Crippen molar-refractivity contribution >= 4 is 17.3 Å². The van der Waals surface area contributed by atoms with Crippen molar-refractivity contribution in [1.29, 1.82) is 0 Å². The third kappa shape index (κ3) is 1.57. The Bertz CT molecular complexity index is 244. The molecule has 1 aromatic heterocycles. The fourth-order valence-corrected chi connectivity index (χ4v) is 1.08. The van der Waals surface area contributed by atoms with E-state index >= 15 is 0 Å². The lowest BCUT2D eigenvalue weighted by atomic mass is 10.4. The van der Waals surface area contributed by atoms with Crippen LogP contribution in [0.2, 0.25) is 5.15 Å². The molecule has 0 amide bonds. The van der Waals surface area contributed by atoms with Gasteiger partial charge in [-0.3, -0.25) is 0 Å². The summed E-state index contributed by atoms with van der Waals surface area (Å²) in [6, 6.07) is 0. The van der Waals surface area contributed by atoms with Gasteiger partial charge in [-0.25, -0.2) is 15.1 Å². The van der Waals surface area contributed by atoms with Gasteiger partial charge in [0.2, 0.25) is 0 Å². The molecule has 0 unspecified atom stereocenters. The van der Waals surface area contributed by atoms with Gasteiger partial charge in [-0.2, -0.15) is 0 Å². The Morgan fingerprint density at radius 1 is 1.55 bits per heavy atom. The number of anilines is 1. The van der Waals surface area contributed by atoms with E-state index in [9.17, 15) is 4.48 Å². The summed E-state index contributed by atoms with van der Waals surface area (Å²) >= 11 is 5.59. The maximum Gasteiger partial charge on any atom is 0.158 e. The Morgan fingerprint density at radius 3 is 2.55 bits per heavy atom. The summed E-state index contributed by atoms with van der Waals surface area (Å²) < 4.78 is 12.6. The van der Waals surface area contributed by atoms with Gasteiger partial charge < -0.3 is 0 Å². The van der Waals surface area contributed by atoms with Crippen molar-refractivity contribution in [2.75, 3.05) is 12.2 Å². The van der Waals surface area contributed by atoms with Crippen LogP contribution in [0.1, 0.15) is 5.69 Å². The molecule has 0 saturated heterocycles. The molecule has 0 bridgehead atoms. The number of hydrogen-bond acceptors (Lipinski definition) is 3. The molecule has 0 saturated carbocycles. The first-order chi connectivity index (χ1) is 5.13. The monoisotopic (exact) mass is 175 g/mol. The first-order valence-corrected chi connectivity index (χ1v) is 3.37. The molecule has 1 rings (SSSR count). The molecule has 0 spiro atoms. The lowest BCUT2D eigenvalue weighted by Crippen LogP contribution is -2.07. The number of aromatic nitrogens is 2. The van der Waals surface area contributed by atoms with E-state index in [4.69, 9.17) is 11.6 Å². The van der Waals surface area contributed by atoms with E-state index in [0.29, 0.717) is 10.8 Å². The minimum absolute atomic E-state index is 0.127. The van der Waals surface area contributed by atoms with Crippen molar-refractivity contribution < 1.29 is 4.48 Å². The van der Waals surface area contributed by atoms with Crippen LogP contribution in [0.4, 0.5) is 10.2 Å². The van der Waals surface area contributed by atoms with Crippen molar-refractivity contribution in [2.24, 2.45) is 0 Å². The maximum absolute atomic E-state index is 12.6. The molecule has 11 heavy (non-hydrogen) atoms. The van der Waals surface area contributed by atoms with Gasteiger partial charge >= 0.3 is 0 Å². The number of hydrogen-bond donors (Lipinski definition) is 0. The Labute approximate surface area is 68.8 Å². The minimum atomic E-state index is 0.127. The average Bonchev–Trinajstić information content (AvgIpc) is 1.85. The van der Waals surface area contributed by atoms with Crippen molar-refractivity contribution in [3.05, 3.63) is 17.2 Å². The third-order valence-corrected chi connectivity index (χ3v) is 1.55. The van der Waals surface area contributed by atoms with E-state index in [-0.39, 0.29) is 10.8 Å². The minimum Gasteiger partial charge on any atom is -0.239 e. The number of rotatable bonds is 1.